The third kappa shape index (κ3) is 2.47. The second-order valence-corrected chi connectivity index (χ2v) is 6.73. The lowest BCUT2D eigenvalue weighted by atomic mass is 10.1. The summed E-state index contributed by atoms with van der Waals surface area (Å²) in [6.07, 6.45) is 2.63. The van der Waals surface area contributed by atoms with Gasteiger partial charge in [0.15, 0.2) is 5.13 Å². The van der Waals surface area contributed by atoms with Crippen LogP contribution < -0.4 is 5.32 Å². The number of carbonyl (C=O) groups is 1. The number of amides is 1. The van der Waals surface area contributed by atoms with Crippen LogP contribution in [0.3, 0.4) is 0 Å². The number of halogens is 1. The molecular weight excluding hydrogens is 312 g/mol. The minimum Gasteiger partial charge on any atom is -0.302 e. The third-order valence-electron chi connectivity index (χ3n) is 3.06. The largest absolute Gasteiger partial charge is 0.302 e. The third-order valence-corrected chi connectivity index (χ3v) is 4.45. The SMILES string of the molecule is O=C(Nc1ncc(Br)s1)C1CC1c1ccccc1. The molecule has 3 rings (SSSR count). The van der Waals surface area contributed by atoms with Gasteiger partial charge in [0.25, 0.3) is 0 Å². The number of aromatic nitrogens is 1. The van der Waals surface area contributed by atoms with Crippen LogP contribution in [0.25, 0.3) is 0 Å². The van der Waals surface area contributed by atoms with Gasteiger partial charge in [-0.15, -0.1) is 0 Å². The molecule has 1 heterocycles. The Labute approximate surface area is 117 Å². The molecule has 1 saturated carbocycles. The van der Waals surface area contributed by atoms with Crippen molar-refractivity contribution in [3.63, 3.8) is 0 Å². The maximum Gasteiger partial charge on any atom is 0.229 e. The van der Waals surface area contributed by atoms with Gasteiger partial charge in [0.05, 0.1) is 9.98 Å². The average molecular weight is 323 g/mol. The lowest BCUT2D eigenvalue weighted by Gasteiger charge is -2.01. The van der Waals surface area contributed by atoms with Gasteiger partial charge >= 0.3 is 0 Å². The highest BCUT2D eigenvalue weighted by Crippen LogP contribution is 2.48. The molecule has 92 valence electrons. The molecule has 0 bridgehead atoms. The fourth-order valence-corrected chi connectivity index (χ4v) is 3.17. The van der Waals surface area contributed by atoms with Crippen LogP contribution in [0.15, 0.2) is 40.3 Å². The molecule has 1 aliphatic carbocycles. The second kappa shape index (κ2) is 4.82. The van der Waals surface area contributed by atoms with E-state index in [1.807, 2.05) is 18.2 Å². The van der Waals surface area contributed by atoms with E-state index in [0.717, 1.165) is 10.2 Å². The molecular formula is C13H11BrN2OS. The summed E-state index contributed by atoms with van der Waals surface area (Å²) in [5, 5.41) is 3.52. The molecule has 0 spiro atoms. The summed E-state index contributed by atoms with van der Waals surface area (Å²) in [5.74, 6) is 0.537. The maximum atomic E-state index is 12.0. The molecule has 1 aromatic carbocycles. The van der Waals surface area contributed by atoms with Gasteiger partial charge in [-0.1, -0.05) is 41.7 Å². The maximum absolute atomic E-state index is 12.0. The fourth-order valence-electron chi connectivity index (χ4n) is 2.06. The molecule has 2 unspecified atom stereocenters. The van der Waals surface area contributed by atoms with Crippen LogP contribution in [0.5, 0.6) is 0 Å². The molecule has 1 fully saturated rings. The number of anilines is 1. The van der Waals surface area contributed by atoms with Gasteiger partial charge in [0.1, 0.15) is 0 Å². The lowest BCUT2D eigenvalue weighted by molar-refractivity contribution is -0.117. The van der Waals surface area contributed by atoms with Gasteiger partial charge in [0.2, 0.25) is 5.91 Å². The van der Waals surface area contributed by atoms with Crippen molar-refractivity contribution in [3.8, 4) is 0 Å². The van der Waals surface area contributed by atoms with E-state index in [9.17, 15) is 4.79 Å². The summed E-state index contributed by atoms with van der Waals surface area (Å²) in [7, 11) is 0. The highest BCUT2D eigenvalue weighted by molar-refractivity contribution is 9.11. The van der Waals surface area contributed by atoms with Crippen LogP contribution in [0.2, 0.25) is 0 Å². The Balaban J connectivity index is 1.63. The molecule has 3 nitrogen and oxygen atoms in total. The number of thiazole rings is 1. The van der Waals surface area contributed by atoms with E-state index in [2.05, 4.69) is 38.4 Å². The molecule has 1 N–H and O–H groups in total. The number of hydrogen-bond acceptors (Lipinski definition) is 3. The first kappa shape index (κ1) is 11.9. The van der Waals surface area contributed by atoms with Crippen molar-refractivity contribution in [2.75, 3.05) is 5.32 Å². The van der Waals surface area contributed by atoms with Crippen LogP contribution in [0.1, 0.15) is 17.9 Å². The van der Waals surface area contributed by atoms with Crippen molar-refractivity contribution >= 4 is 38.3 Å². The molecule has 0 radical (unpaired) electrons. The molecule has 5 heteroatoms. The van der Waals surface area contributed by atoms with Crippen LogP contribution in [0.4, 0.5) is 5.13 Å². The zero-order chi connectivity index (χ0) is 12.5. The minimum absolute atomic E-state index is 0.0747. The van der Waals surface area contributed by atoms with Crippen molar-refractivity contribution in [1.29, 1.82) is 0 Å². The summed E-state index contributed by atoms with van der Waals surface area (Å²) in [4.78, 5) is 16.1. The predicted octanol–water partition coefficient (Wildman–Crippen LogP) is 3.65. The zero-order valence-electron chi connectivity index (χ0n) is 9.47. The molecule has 2 aromatic rings. The molecule has 0 aliphatic heterocycles. The van der Waals surface area contributed by atoms with E-state index in [1.165, 1.54) is 16.9 Å². The number of benzene rings is 1. The summed E-state index contributed by atoms with van der Waals surface area (Å²) in [5.41, 5.74) is 1.25. The van der Waals surface area contributed by atoms with E-state index < -0.39 is 0 Å². The van der Waals surface area contributed by atoms with E-state index in [1.54, 1.807) is 6.20 Å². The summed E-state index contributed by atoms with van der Waals surface area (Å²) in [6, 6.07) is 10.2. The molecule has 1 amide bonds. The Bertz CT molecular complexity index is 569. The number of nitrogens with zero attached hydrogens (tertiary/aromatic N) is 1. The van der Waals surface area contributed by atoms with Gasteiger partial charge in [-0.05, 0) is 33.8 Å². The molecule has 1 aromatic heterocycles. The van der Waals surface area contributed by atoms with Gasteiger partial charge in [-0.3, -0.25) is 4.79 Å². The van der Waals surface area contributed by atoms with Gasteiger partial charge in [-0.25, -0.2) is 4.98 Å². The summed E-state index contributed by atoms with van der Waals surface area (Å²) < 4.78 is 0.924. The Morgan fingerprint density at radius 1 is 1.39 bits per heavy atom. The highest BCUT2D eigenvalue weighted by Gasteiger charge is 2.43. The average Bonchev–Trinajstić information content (AvgIpc) is 3.09. The topological polar surface area (TPSA) is 42.0 Å². The van der Waals surface area contributed by atoms with E-state index in [0.29, 0.717) is 11.0 Å². The minimum atomic E-state index is 0.0747. The summed E-state index contributed by atoms with van der Waals surface area (Å²) >= 11 is 4.76. The Morgan fingerprint density at radius 2 is 2.17 bits per heavy atom. The molecule has 2 atom stereocenters. The summed E-state index contributed by atoms with van der Waals surface area (Å²) in [6.45, 7) is 0. The van der Waals surface area contributed by atoms with Crippen molar-refractivity contribution < 1.29 is 4.79 Å². The first-order valence-electron chi connectivity index (χ1n) is 5.71. The van der Waals surface area contributed by atoms with Crippen LogP contribution in [0, 0.1) is 5.92 Å². The lowest BCUT2D eigenvalue weighted by Crippen LogP contribution is -2.14. The van der Waals surface area contributed by atoms with Crippen molar-refractivity contribution in [2.24, 2.45) is 5.92 Å². The first-order valence-corrected chi connectivity index (χ1v) is 7.32. The first-order chi connectivity index (χ1) is 8.74. The number of nitrogens with one attached hydrogen (secondary N) is 1. The second-order valence-electron chi connectivity index (χ2n) is 4.32. The van der Waals surface area contributed by atoms with E-state index >= 15 is 0 Å². The van der Waals surface area contributed by atoms with Crippen LogP contribution in [-0.4, -0.2) is 10.9 Å². The Kier molecular flexibility index (Phi) is 3.18. The number of hydrogen-bond donors (Lipinski definition) is 1. The van der Waals surface area contributed by atoms with Gasteiger partial charge in [0, 0.05) is 5.92 Å². The van der Waals surface area contributed by atoms with Crippen molar-refractivity contribution in [3.05, 3.63) is 45.9 Å². The normalized spacial score (nSPS) is 21.6. The van der Waals surface area contributed by atoms with E-state index in [4.69, 9.17) is 0 Å². The van der Waals surface area contributed by atoms with Gasteiger partial charge < -0.3 is 5.32 Å². The van der Waals surface area contributed by atoms with Crippen molar-refractivity contribution in [2.45, 2.75) is 12.3 Å². The highest BCUT2D eigenvalue weighted by atomic mass is 79.9. The molecule has 0 saturated heterocycles. The number of carbonyl (C=O) groups excluding carboxylic acids is 1. The molecule has 1 aliphatic rings. The Hall–Kier alpha value is -1.20. The quantitative estimate of drug-likeness (QED) is 0.937. The van der Waals surface area contributed by atoms with E-state index in [-0.39, 0.29) is 11.8 Å². The predicted molar refractivity (Wildman–Crippen MR) is 75.7 cm³/mol. The smallest absolute Gasteiger partial charge is 0.229 e. The zero-order valence-corrected chi connectivity index (χ0v) is 11.9. The number of rotatable bonds is 3. The molecule has 18 heavy (non-hydrogen) atoms. The fraction of sp³-hybridized carbons (Fsp3) is 0.231. The van der Waals surface area contributed by atoms with Crippen LogP contribution in [-0.2, 0) is 4.79 Å². The van der Waals surface area contributed by atoms with Crippen LogP contribution >= 0.6 is 27.3 Å². The Morgan fingerprint density at radius 3 is 2.83 bits per heavy atom. The monoisotopic (exact) mass is 322 g/mol. The standard InChI is InChI=1S/C13H11BrN2OS/c14-11-7-15-13(18-11)16-12(17)10-6-9(10)8-4-2-1-3-5-8/h1-5,7,9-10H,6H2,(H,15,16,17). The van der Waals surface area contributed by atoms with Crippen molar-refractivity contribution in [1.82, 2.24) is 4.98 Å². The van der Waals surface area contributed by atoms with Gasteiger partial charge in [-0.2, -0.15) is 0 Å².